The van der Waals surface area contributed by atoms with Crippen molar-refractivity contribution in [3.63, 3.8) is 0 Å². The van der Waals surface area contributed by atoms with E-state index < -0.39 is 21.7 Å². The van der Waals surface area contributed by atoms with Gasteiger partial charge in [-0.1, -0.05) is 0 Å². The molecule has 3 aliphatic heterocycles. The van der Waals surface area contributed by atoms with E-state index in [0.717, 1.165) is 12.8 Å². The molecule has 0 aromatic carbocycles. The van der Waals surface area contributed by atoms with Gasteiger partial charge in [0, 0.05) is 25.2 Å². The van der Waals surface area contributed by atoms with Crippen molar-refractivity contribution >= 4 is 21.8 Å². The summed E-state index contributed by atoms with van der Waals surface area (Å²) < 4.78 is 23.2. The van der Waals surface area contributed by atoms with Gasteiger partial charge in [0.2, 0.25) is 0 Å². The molecule has 0 radical (unpaired) electrons. The quantitative estimate of drug-likeness (QED) is 0.744. The molecule has 8 heteroatoms. The molecule has 118 valence electrons. The van der Waals surface area contributed by atoms with Crippen LogP contribution in [0.3, 0.4) is 0 Å². The number of nitrogens with zero attached hydrogens (tertiary/aromatic N) is 2. The summed E-state index contributed by atoms with van der Waals surface area (Å²) in [6, 6.07) is -0.397. The molecule has 3 rings (SSSR count). The SMILES string of the molecule is O=C(O)C1CC2CCC1N2C(=O)N1CCCS(=O)(=O)CC1. The third kappa shape index (κ3) is 2.61. The number of aliphatic carboxylic acids is 1. The summed E-state index contributed by atoms with van der Waals surface area (Å²) in [6.45, 7) is 0.653. The van der Waals surface area contributed by atoms with Gasteiger partial charge in [-0.25, -0.2) is 13.2 Å². The van der Waals surface area contributed by atoms with Gasteiger partial charge in [0.05, 0.1) is 17.4 Å². The van der Waals surface area contributed by atoms with Crippen molar-refractivity contribution in [1.82, 2.24) is 9.80 Å². The van der Waals surface area contributed by atoms with Crippen molar-refractivity contribution in [3.05, 3.63) is 0 Å². The van der Waals surface area contributed by atoms with Crippen LogP contribution in [0.2, 0.25) is 0 Å². The second kappa shape index (κ2) is 5.15. The topological polar surface area (TPSA) is 95.0 Å². The lowest BCUT2D eigenvalue weighted by Crippen LogP contribution is -2.47. The number of fused-ring (bicyclic) bond motifs is 2. The van der Waals surface area contributed by atoms with Gasteiger partial charge in [0.1, 0.15) is 0 Å². The molecular formula is C13H20N2O5S. The minimum atomic E-state index is -3.05. The van der Waals surface area contributed by atoms with E-state index in [2.05, 4.69) is 0 Å². The lowest BCUT2D eigenvalue weighted by molar-refractivity contribution is -0.142. The summed E-state index contributed by atoms with van der Waals surface area (Å²) >= 11 is 0. The molecule has 3 saturated heterocycles. The first kappa shape index (κ1) is 14.6. The largest absolute Gasteiger partial charge is 0.481 e. The van der Waals surface area contributed by atoms with Gasteiger partial charge in [-0.2, -0.15) is 0 Å². The first-order chi connectivity index (χ1) is 9.89. The fraction of sp³-hybridized carbons (Fsp3) is 0.846. The van der Waals surface area contributed by atoms with Crippen LogP contribution in [-0.4, -0.2) is 72.0 Å². The number of hydrogen-bond acceptors (Lipinski definition) is 4. The van der Waals surface area contributed by atoms with Crippen LogP contribution in [0.4, 0.5) is 4.79 Å². The van der Waals surface area contributed by atoms with Gasteiger partial charge in [-0.3, -0.25) is 4.79 Å². The van der Waals surface area contributed by atoms with Gasteiger partial charge in [-0.05, 0) is 25.7 Å². The van der Waals surface area contributed by atoms with Crippen LogP contribution < -0.4 is 0 Å². The fourth-order valence-corrected chi connectivity index (χ4v) is 5.12. The average Bonchev–Trinajstić information content (AvgIpc) is 2.93. The highest BCUT2D eigenvalue weighted by atomic mass is 32.2. The molecule has 0 saturated carbocycles. The Morgan fingerprint density at radius 1 is 1.10 bits per heavy atom. The molecule has 21 heavy (non-hydrogen) atoms. The Labute approximate surface area is 123 Å². The highest BCUT2D eigenvalue weighted by Crippen LogP contribution is 2.42. The van der Waals surface area contributed by atoms with E-state index in [1.54, 1.807) is 9.80 Å². The first-order valence-corrected chi connectivity index (χ1v) is 9.21. The van der Waals surface area contributed by atoms with Crippen LogP contribution in [0.25, 0.3) is 0 Å². The molecule has 0 aromatic heterocycles. The number of amides is 2. The minimum Gasteiger partial charge on any atom is -0.481 e. The number of sulfone groups is 1. The Hall–Kier alpha value is -1.31. The average molecular weight is 316 g/mol. The zero-order chi connectivity index (χ0) is 15.2. The lowest BCUT2D eigenvalue weighted by atomic mass is 9.89. The molecule has 0 aliphatic carbocycles. The Morgan fingerprint density at radius 2 is 1.86 bits per heavy atom. The van der Waals surface area contributed by atoms with E-state index >= 15 is 0 Å². The Kier molecular flexibility index (Phi) is 3.59. The molecule has 2 amide bonds. The van der Waals surface area contributed by atoms with E-state index in [-0.39, 0.29) is 36.2 Å². The number of carboxylic acids is 1. The van der Waals surface area contributed by atoms with Crippen LogP contribution in [0.1, 0.15) is 25.7 Å². The number of carbonyl (C=O) groups excluding carboxylic acids is 1. The van der Waals surface area contributed by atoms with E-state index in [0.29, 0.717) is 19.4 Å². The Morgan fingerprint density at radius 3 is 2.52 bits per heavy atom. The maximum absolute atomic E-state index is 12.7. The predicted molar refractivity (Wildman–Crippen MR) is 74.6 cm³/mol. The zero-order valence-electron chi connectivity index (χ0n) is 11.8. The molecule has 3 unspecified atom stereocenters. The summed E-state index contributed by atoms with van der Waals surface area (Å²) in [5.74, 6) is -1.17. The predicted octanol–water partition coefficient (Wildman–Crippen LogP) is 0.164. The van der Waals surface area contributed by atoms with Crippen molar-refractivity contribution in [2.45, 2.75) is 37.8 Å². The van der Waals surface area contributed by atoms with Crippen molar-refractivity contribution in [2.75, 3.05) is 24.6 Å². The van der Waals surface area contributed by atoms with Gasteiger partial charge >= 0.3 is 12.0 Å². The number of carboxylic acid groups (broad SMARTS) is 1. The second-order valence-electron chi connectivity index (χ2n) is 6.16. The number of urea groups is 1. The smallest absolute Gasteiger partial charge is 0.320 e. The number of hydrogen-bond donors (Lipinski definition) is 1. The van der Waals surface area contributed by atoms with Crippen LogP contribution >= 0.6 is 0 Å². The number of rotatable bonds is 1. The van der Waals surface area contributed by atoms with Crippen LogP contribution in [-0.2, 0) is 14.6 Å². The van der Waals surface area contributed by atoms with E-state index in [1.807, 2.05) is 0 Å². The summed E-state index contributed by atoms with van der Waals surface area (Å²) in [4.78, 5) is 27.2. The highest BCUT2D eigenvalue weighted by molar-refractivity contribution is 7.91. The van der Waals surface area contributed by atoms with E-state index in [1.165, 1.54) is 0 Å². The van der Waals surface area contributed by atoms with Gasteiger partial charge in [-0.15, -0.1) is 0 Å². The molecule has 7 nitrogen and oxygen atoms in total. The van der Waals surface area contributed by atoms with Gasteiger partial charge < -0.3 is 14.9 Å². The summed E-state index contributed by atoms with van der Waals surface area (Å²) in [6.07, 6.45) is 2.57. The molecular weight excluding hydrogens is 296 g/mol. The second-order valence-corrected chi connectivity index (χ2v) is 8.46. The molecule has 1 N–H and O–H groups in total. The Bertz CT molecular complexity index is 561. The third-order valence-electron chi connectivity index (χ3n) is 4.90. The van der Waals surface area contributed by atoms with Crippen molar-refractivity contribution in [2.24, 2.45) is 5.92 Å². The normalized spacial score (nSPS) is 34.8. The highest BCUT2D eigenvalue weighted by Gasteiger charge is 2.52. The van der Waals surface area contributed by atoms with Crippen LogP contribution in [0.5, 0.6) is 0 Å². The van der Waals surface area contributed by atoms with Crippen LogP contribution in [0.15, 0.2) is 0 Å². The molecule has 3 fully saturated rings. The molecule has 3 atom stereocenters. The monoisotopic (exact) mass is 316 g/mol. The minimum absolute atomic E-state index is 0.00320. The van der Waals surface area contributed by atoms with Gasteiger partial charge in [0.15, 0.2) is 9.84 Å². The van der Waals surface area contributed by atoms with E-state index in [9.17, 15) is 23.1 Å². The maximum Gasteiger partial charge on any atom is 0.320 e. The molecule has 3 aliphatic rings. The van der Waals surface area contributed by atoms with Crippen LogP contribution in [0, 0.1) is 5.92 Å². The lowest BCUT2D eigenvalue weighted by Gasteiger charge is -2.30. The molecule has 0 spiro atoms. The standard InChI is InChI=1S/C13H20N2O5S/c16-12(17)10-8-9-2-3-11(10)15(9)13(18)14-4-1-6-21(19,20)7-5-14/h9-11H,1-8H2,(H,16,17). The first-order valence-electron chi connectivity index (χ1n) is 7.39. The third-order valence-corrected chi connectivity index (χ3v) is 6.62. The van der Waals surface area contributed by atoms with Gasteiger partial charge in [0.25, 0.3) is 0 Å². The molecule has 3 heterocycles. The van der Waals surface area contributed by atoms with Crippen molar-refractivity contribution < 1.29 is 23.1 Å². The number of carbonyl (C=O) groups is 2. The molecule has 2 bridgehead atoms. The zero-order valence-corrected chi connectivity index (χ0v) is 12.6. The molecule has 0 aromatic rings. The summed E-state index contributed by atoms with van der Waals surface area (Å²) in [5, 5.41) is 9.23. The Balaban J connectivity index is 1.73. The van der Waals surface area contributed by atoms with Crippen molar-refractivity contribution in [1.29, 1.82) is 0 Å². The summed E-state index contributed by atoms with van der Waals surface area (Å²) in [5.41, 5.74) is 0. The fourth-order valence-electron chi connectivity index (χ4n) is 3.85. The van der Waals surface area contributed by atoms with Crippen molar-refractivity contribution in [3.8, 4) is 0 Å². The summed E-state index contributed by atoms with van der Waals surface area (Å²) in [7, 11) is -3.05. The van der Waals surface area contributed by atoms with E-state index in [4.69, 9.17) is 0 Å². The maximum atomic E-state index is 12.7.